The summed E-state index contributed by atoms with van der Waals surface area (Å²) in [5, 5.41) is 0. The second-order valence-electron chi connectivity index (χ2n) is 2.08. The van der Waals surface area contributed by atoms with Crippen LogP contribution in [0.5, 0.6) is 0 Å². The van der Waals surface area contributed by atoms with Gasteiger partial charge < -0.3 is 5.73 Å². The number of nitrogens with two attached hydrogens (primary N) is 1. The first-order valence-corrected chi connectivity index (χ1v) is 2.92. The quantitative estimate of drug-likeness (QED) is 0.610. The summed E-state index contributed by atoms with van der Waals surface area (Å²) in [6.45, 7) is 1.88. The van der Waals surface area contributed by atoms with Crippen molar-refractivity contribution >= 4 is 5.91 Å². The van der Waals surface area contributed by atoms with E-state index in [1.807, 2.05) is 13.0 Å². The van der Waals surface area contributed by atoms with E-state index in [0.29, 0.717) is 5.69 Å². The zero-order valence-corrected chi connectivity index (χ0v) is 5.66. The molecule has 0 bridgehead atoms. The molecule has 0 atom stereocenters. The molecule has 1 amide bonds. The smallest absolute Gasteiger partial charge is 0.267 e. The molecule has 0 fully saturated rings. The summed E-state index contributed by atoms with van der Waals surface area (Å²) >= 11 is 0. The van der Waals surface area contributed by atoms with E-state index in [1.54, 1.807) is 12.3 Å². The summed E-state index contributed by atoms with van der Waals surface area (Å²) in [7, 11) is 0. The normalized spacial score (nSPS) is 9.30. The van der Waals surface area contributed by atoms with Crippen LogP contribution in [0.1, 0.15) is 16.1 Å². The lowest BCUT2D eigenvalue weighted by molar-refractivity contribution is 0.0995. The lowest BCUT2D eigenvalue weighted by atomic mass is 10.2. The van der Waals surface area contributed by atoms with Crippen molar-refractivity contribution in [1.82, 2.24) is 4.98 Å². The molecule has 0 saturated carbocycles. The monoisotopic (exact) mass is 136 g/mol. The number of amides is 1. The third-order valence-electron chi connectivity index (χ3n) is 1.17. The molecule has 1 heterocycles. The average Bonchev–Trinajstić information content (AvgIpc) is 1.88. The average molecular weight is 136 g/mol. The maximum atomic E-state index is 10.5. The molecule has 0 aliphatic carbocycles. The lowest BCUT2D eigenvalue weighted by Crippen LogP contribution is -2.12. The number of primary amides is 1. The Morgan fingerprint density at radius 2 is 2.40 bits per heavy atom. The van der Waals surface area contributed by atoms with Crippen LogP contribution in [0.2, 0.25) is 0 Å². The van der Waals surface area contributed by atoms with E-state index in [9.17, 15) is 4.79 Å². The van der Waals surface area contributed by atoms with E-state index in [1.165, 1.54) is 0 Å². The first kappa shape index (κ1) is 6.74. The van der Waals surface area contributed by atoms with Gasteiger partial charge in [0.15, 0.2) is 0 Å². The Kier molecular flexibility index (Phi) is 1.67. The van der Waals surface area contributed by atoms with Gasteiger partial charge in [0.1, 0.15) is 5.69 Å². The van der Waals surface area contributed by atoms with Gasteiger partial charge in [-0.15, -0.1) is 0 Å². The summed E-state index contributed by atoms with van der Waals surface area (Å²) in [6.07, 6.45) is 1.56. The highest BCUT2D eigenvalue weighted by Gasteiger charge is 1.98. The van der Waals surface area contributed by atoms with Gasteiger partial charge in [-0.2, -0.15) is 0 Å². The van der Waals surface area contributed by atoms with E-state index in [0.717, 1.165) is 5.56 Å². The fourth-order valence-corrected chi connectivity index (χ4v) is 0.671. The van der Waals surface area contributed by atoms with Gasteiger partial charge in [-0.25, -0.2) is 0 Å². The molecule has 0 aliphatic rings. The van der Waals surface area contributed by atoms with Crippen LogP contribution in [-0.4, -0.2) is 10.9 Å². The molecule has 0 spiro atoms. The minimum absolute atomic E-state index is 0.319. The first-order valence-electron chi connectivity index (χ1n) is 2.92. The van der Waals surface area contributed by atoms with Gasteiger partial charge in [-0.05, 0) is 24.6 Å². The maximum absolute atomic E-state index is 10.5. The van der Waals surface area contributed by atoms with E-state index >= 15 is 0 Å². The Morgan fingerprint density at radius 1 is 1.70 bits per heavy atom. The van der Waals surface area contributed by atoms with Crippen molar-refractivity contribution in [3.05, 3.63) is 29.6 Å². The van der Waals surface area contributed by atoms with Crippen molar-refractivity contribution in [2.75, 3.05) is 0 Å². The molecular weight excluding hydrogens is 128 g/mol. The van der Waals surface area contributed by atoms with Gasteiger partial charge >= 0.3 is 0 Å². The molecule has 0 unspecified atom stereocenters. The van der Waals surface area contributed by atoms with Crippen molar-refractivity contribution < 1.29 is 4.79 Å². The number of nitrogens with zero attached hydrogens (tertiary/aromatic N) is 1. The second-order valence-corrected chi connectivity index (χ2v) is 2.08. The number of pyridine rings is 1. The summed E-state index contributed by atoms with van der Waals surface area (Å²) in [4.78, 5) is 14.3. The van der Waals surface area contributed by atoms with Gasteiger partial charge in [-0.3, -0.25) is 9.78 Å². The van der Waals surface area contributed by atoms with Crippen LogP contribution >= 0.6 is 0 Å². The molecule has 0 saturated heterocycles. The Labute approximate surface area is 58.9 Å². The Hall–Kier alpha value is -1.38. The van der Waals surface area contributed by atoms with Gasteiger partial charge in [0, 0.05) is 6.20 Å². The number of rotatable bonds is 1. The summed E-state index contributed by atoms with van der Waals surface area (Å²) in [5.41, 5.74) is 6.29. The van der Waals surface area contributed by atoms with Crippen LogP contribution in [0.3, 0.4) is 0 Å². The molecule has 52 valence electrons. The fraction of sp³-hybridized carbons (Fsp3) is 0.143. The van der Waals surface area contributed by atoms with Crippen molar-refractivity contribution in [2.24, 2.45) is 5.73 Å². The van der Waals surface area contributed by atoms with E-state index in [4.69, 9.17) is 5.73 Å². The highest BCUT2D eigenvalue weighted by molar-refractivity contribution is 5.90. The Morgan fingerprint density at radius 3 is 2.80 bits per heavy atom. The summed E-state index contributed by atoms with van der Waals surface area (Å²) in [6, 6.07) is 3.47. The maximum Gasteiger partial charge on any atom is 0.267 e. The molecule has 2 N–H and O–H groups in total. The molecule has 0 radical (unpaired) electrons. The van der Waals surface area contributed by atoms with Crippen molar-refractivity contribution in [1.29, 1.82) is 0 Å². The highest BCUT2D eigenvalue weighted by Crippen LogP contribution is 1.97. The molecule has 1 aromatic heterocycles. The fourth-order valence-electron chi connectivity index (χ4n) is 0.671. The lowest BCUT2D eigenvalue weighted by Gasteiger charge is -1.93. The third kappa shape index (κ3) is 1.31. The minimum atomic E-state index is -0.483. The Bertz CT molecular complexity index is 258. The number of hydrogen-bond acceptors (Lipinski definition) is 2. The number of carbonyl (C=O) groups is 1. The van der Waals surface area contributed by atoms with Gasteiger partial charge in [0.2, 0.25) is 0 Å². The predicted molar refractivity (Wildman–Crippen MR) is 37.5 cm³/mol. The second kappa shape index (κ2) is 2.47. The zero-order chi connectivity index (χ0) is 7.56. The summed E-state index contributed by atoms with van der Waals surface area (Å²) in [5.74, 6) is -0.483. The van der Waals surface area contributed by atoms with Gasteiger partial charge in [0.05, 0.1) is 0 Å². The van der Waals surface area contributed by atoms with E-state index in [2.05, 4.69) is 4.98 Å². The topological polar surface area (TPSA) is 56.0 Å². The van der Waals surface area contributed by atoms with E-state index in [-0.39, 0.29) is 0 Å². The van der Waals surface area contributed by atoms with Crippen molar-refractivity contribution in [3.8, 4) is 0 Å². The molecule has 3 nitrogen and oxygen atoms in total. The van der Waals surface area contributed by atoms with Crippen LogP contribution in [-0.2, 0) is 0 Å². The molecule has 1 aromatic rings. The third-order valence-corrected chi connectivity index (χ3v) is 1.17. The van der Waals surface area contributed by atoms with Gasteiger partial charge in [0.25, 0.3) is 5.91 Å². The highest BCUT2D eigenvalue weighted by atomic mass is 16.1. The minimum Gasteiger partial charge on any atom is -0.364 e. The predicted octanol–water partition coefficient (Wildman–Crippen LogP) is 0.489. The number of aromatic nitrogens is 1. The molecule has 1 rings (SSSR count). The zero-order valence-electron chi connectivity index (χ0n) is 5.66. The molecule has 10 heavy (non-hydrogen) atoms. The molecule has 0 aromatic carbocycles. The van der Waals surface area contributed by atoms with Crippen LogP contribution in [0.25, 0.3) is 0 Å². The van der Waals surface area contributed by atoms with Crippen LogP contribution < -0.4 is 5.73 Å². The van der Waals surface area contributed by atoms with Crippen molar-refractivity contribution in [3.63, 3.8) is 0 Å². The largest absolute Gasteiger partial charge is 0.364 e. The van der Waals surface area contributed by atoms with Crippen LogP contribution in [0, 0.1) is 6.92 Å². The SMILES string of the molecule is Cc1ccnc(C(N)=O)c1. The first-order chi connectivity index (χ1) is 4.70. The van der Waals surface area contributed by atoms with E-state index < -0.39 is 5.91 Å². The van der Waals surface area contributed by atoms with Crippen molar-refractivity contribution in [2.45, 2.75) is 6.92 Å². The summed E-state index contributed by atoms with van der Waals surface area (Å²) < 4.78 is 0. The number of aryl methyl sites for hydroxylation is 1. The Balaban J connectivity index is 3.07. The molecule has 3 heteroatoms. The van der Waals surface area contributed by atoms with Crippen LogP contribution in [0.4, 0.5) is 0 Å². The number of hydrogen-bond donors (Lipinski definition) is 1. The van der Waals surface area contributed by atoms with Crippen LogP contribution in [0.15, 0.2) is 18.3 Å². The molecular formula is C7H8N2O. The standard InChI is InChI=1S/C7H8N2O/c1-5-2-3-9-6(4-5)7(8)10/h2-4H,1H3,(H2,8,10). The molecule has 0 aliphatic heterocycles. The van der Waals surface area contributed by atoms with Gasteiger partial charge in [-0.1, -0.05) is 0 Å². The number of carbonyl (C=O) groups excluding carboxylic acids is 1.